The van der Waals surface area contributed by atoms with Crippen LogP contribution in [0.5, 0.6) is 0 Å². The van der Waals surface area contributed by atoms with Crippen molar-refractivity contribution in [1.29, 1.82) is 0 Å². The lowest BCUT2D eigenvalue weighted by Gasteiger charge is -2.47. The average molecular weight is 212 g/mol. The van der Waals surface area contributed by atoms with E-state index in [4.69, 9.17) is 4.74 Å². The first-order valence-corrected chi connectivity index (χ1v) is 5.79. The first kappa shape index (κ1) is 10.9. The Morgan fingerprint density at radius 2 is 2.20 bits per heavy atom. The van der Waals surface area contributed by atoms with E-state index in [-0.39, 0.29) is 11.9 Å². The third-order valence-corrected chi connectivity index (χ3v) is 4.10. The second-order valence-corrected chi connectivity index (χ2v) is 5.70. The molecule has 1 saturated carbocycles. The smallest absolute Gasteiger partial charge is 0.306 e. The van der Waals surface area contributed by atoms with E-state index in [9.17, 15) is 9.90 Å². The summed E-state index contributed by atoms with van der Waals surface area (Å²) in [6.45, 7) is 5.72. The molecule has 1 aliphatic heterocycles. The van der Waals surface area contributed by atoms with Gasteiger partial charge in [0.1, 0.15) is 5.60 Å². The highest BCUT2D eigenvalue weighted by Crippen LogP contribution is 2.51. The van der Waals surface area contributed by atoms with Crippen molar-refractivity contribution in [2.45, 2.75) is 57.7 Å². The summed E-state index contributed by atoms with van der Waals surface area (Å²) < 4.78 is 5.48. The fourth-order valence-corrected chi connectivity index (χ4v) is 3.22. The van der Waals surface area contributed by atoms with Crippen molar-refractivity contribution in [2.24, 2.45) is 11.8 Å². The quantitative estimate of drug-likeness (QED) is 0.675. The molecule has 15 heavy (non-hydrogen) atoms. The van der Waals surface area contributed by atoms with Crippen molar-refractivity contribution in [1.82, 2.24) is 0 Å². The molecule has 0 unspecified atom stereocenters. The first-order valence-electron chi connectivity index (χ1n) is 5.79. The normalized spacial score (nSPS) is 41.2. The van der Waals surface area contributed by atoms with E-state index < -0.39 is 11.2 Å². The Labute approximate surface area is 90.8 Å². The van der Waals surface area contributed by atoms with E-state index in [1.54, 1.807) is 13.8 Å². The number of carbonyl (C=O) groups is 1. The van der Waals surface area contributed by atoms with Gasteiger partial charge >= 0.3 is 5.97 Å². The van der Waals surface area contributed by atoms with Gasteiger partial charge in [0, 0.05) is 5.92 Å². The third-order valence-electron chi connectivity index (χ3n) is 4.10. The topological polar surface area (TPSA) is 46.5 Å². The maximum Gasteiger partial charge on any atom is 0.306 e. The fourth-order valence-electron chi connectivity index (χ4n) is 3.22. The van der Waals surface area contributed by atoms with Gasteiger partial charge in [0.15, 0.2) is 0 Å². The van der Waals surface area contributed by atoms with Crippen LogP contribution in [0.15, 0.2) is 0 Å². The largest absolute Gasteiger partial charge is 0.456 e. The van der Waals surface area contributed by atoms with E-state index in [2.05, 4.69) is 6.92 Å². The second kappa shape index (κ2) is 3.21. The summed E-state index contributed by atoms with van der Waals surface area (Å²) in [6.07, 6.45) is 3.31. The number of rotatable bonds is 1. The predicted octanol–water partition coefficient (Wildman–Crippen LogP) is 1.88. The Kier molecular flexibility index (Phi) is 2.34. The van der Waals surface area contributed by atoms with Crippen molar-refractivity contribution in [3.05, 3.63) is 0 Å². The van der Waals surface area contributed by atoms with E-state index >= 15 is 0 Å². The zero-order valence-electron chi connectivity index (χ0n) is 9.75. The standard InChI is InChI=1S/C12H20O3/c1-8-4-5-12(11(2,3)14)9(6-8)7-10(13)15-12/h8-9,14H,4-7H2,1-3H3/t8-,9-,12-/m1/s1. The minimum absolute atomic E-state index is 0.142. The van der Waals surface area contributed by atoms with Crippen LogP contribution in [0.4, 0.5) is 0 Å². The van der Waals surface area contributed by atoms with Gasteiger partial charge in [-0.2, -0.15) is 0 Å². The van der Waals surface area contributed by atoms with Gasteiger partial charge in [0.2, 0.25) is 0 Å². The summed E-state index contributed by atoms with van der Waals surface area (Å²) in [7, 11) is 0. The number of hydrogen-bond acceptors (Lipinski definition) is 3. The number of esters is 1. The van der Waals surface area contributed by atoms with Gasteiger partial charge in [-0.3, -0.25) is 4.79 Å². The van der Waals surface area contributed by atoms with Crippen LogP contribution in [0.25, 0.3) is 0 Å². The van der Waals surface area contributed by atoms with Crippen LogP contribution < -0.4 is 0 Å². The highest BCUT2D eigenvalue weighted by atomic mass is 16.6. The lowest BCUT2D eigenvalue weighted by molar-refractivity contribution is -0.189. The van der Waals surface area contributed by atoms with Crippen LogP contribution in [-0.4, -0.2) is 22.3 Å². The van der Waals surface area contributed by atoms with Crippen molar-refractivity contribution in [3.8, 4) is 0 Å². The summed E-state index contributed by atoms with van der Waals surface area (Å²) in [6, 6.07) is 0. The van der Waals surface area contributed by atoms with Gasteiger partial charge in [-0.1, -0.05) is 6.92 Å². The molecule has 1 heterocycles. The third kappa shape index (κ3) is 1.57. The predicted molar refractivity (Wildman–Crippen MR) is 56.2 cm³/mol. The molecule has 0 radical (unpaired) electrons. The molecule has 1 aliphatic carbocycles. The van der Waals surface area contributed by atoms with Crippen molar-refractivity contribution < 1.29 is 14.6 Å². The Bertz CT molecular complexity index is 279. The molecule has 0 amide bonds. The molecule has 2 rings (SSSR count). The molecule has 2 fully saturated rings. The van der Waals surface area contributed by atoms with Crippen molar-refractivity contribution >= 4 is 5.97 Å². The monoisotopic (exact) mass is 212 g/mol. The zero-order chi connectivity index (χ0) is 11.3. The summed E-state index contributed by atoms with van der Waals surface area (Å²) in [5, 5.41) is 10.2. The molecule has 1 N–H and O–H groups in total. The molecule has 3 atom stereocenters. The molecule has 0 aromatic rings. The van der Waals surface area contributed by atoms with Gasteiger partial charge in [0.05, 0.1) is 12.0 Å². The van der Waals surface area contributed by atoms with E-state index in [0.717, 1.165) is 19.3 Å². The molecule has 3 heteroatoms. The van der Waals surface area contributed by atoms with E-state index in [0.29, 0.717) is 12.3 Å². The van der Waals surface area contributed by atoms with Gasteiger partial charge in [-0.05, 0) is 39.0 Å². The van der Waals surface area contributed by atoms with Crippen LogP contribution in [-0.2, 0) is 9.53 Å². The Balaban J connectivity index is 2.31. The highest BCUT2D eigenvalue weighted by molar-refractivity contribution is 5.73. The number of hydrogen-bond donors (Lipinski definition) is 1. The fraction of sp³-hybridized carbons (Fsp3) is 0.917. The number of carbonyl (C=O) groups excluding carboxylic acids is 1. The Morgan fingerprint density at radius 3 is 2.80 bits per heavy atom. The summed E-state index contributed by atoms with van der Waals surface area (Å²) in [5.74, 6) is 0.699. The average Bonchev–Trinajstić information content (AvgIpc) is 2.40. The van der Waals surface area contributed by atoms with Gasteiger partial charge < -0.3 is 9.84 Å². The second-order valence-electron chi connectivity index (χ2n) is 5.70. The van der Waals surface area contributed by atoms with Crippen LogP contribution in [0.3, 0.4) is 0 Å². The van der Waals surface area contributed by atoms with Gasteiger partial charge in [-0.25, -0.2) is 0 Å². The van der Waals surface area contributed by atoms with E-state index in [1.807, 2.05) is 0 Å². The molecule has 0 spiro atoms. The van der Waals surface area contributed by atoms with E-state index in [1.165, 1.54) is 0 Å². The highest BCUT2D eigenvalue weighted by Gasteiger charge is 2.59. The Hall–Kier alpha value is -0.570. The molecule has 0 aromatic carbocycles. The molecular formula is C12H20O3. The van der Waals surface area contributed by atoms with Gasteiger partial charge in [-0.15, -0.1) is 0 Å². The van der Waals surface area contributed by atoms with Gasteiger partial charge in [0.25, 0.3) is 0 Å². The molecule has 2 aliphatic rings. The maximum atomic E-state index is 11.4. The molecule has 0 bridgehead atoms. The number of aliphatic hydroxyl groups is 1. The van der Waals surface area contributed by atoms with Crippen LogP contribution in [0.2, 0.25) is 0 Å². The minimum Gasteiger partial charge on any atom is -0.456 e. The molecule has 3 nitrogen and oxygen atoms in total. The lowest BCUT2D eigenvalue weighted by atomic mass is 9.65. The minimum atomic E-state index is -0.927. The summed E-state index contributed by atoms with van der Waals surface area (Å²) in [4.78, 5) is 11.4. The summed E-state index contributed by atoms with van der Waals surface area (Å²) in [5.41, 5.74) is -1.54. The number of ether oxygens (including phenoxy) is 1. The summed E-state index contributed by atoms with van der Waals surface area (Å²) >= 11 is 0. The van der Waals surface area contributed by atoms with Crippen LogP contribution >= 0.6 is 0 Å². The maximum absolute atomic E-state index is 11.4. The van der Waals surface area contributed by atoms with Crippen molar-refractivity contribution in [2.75, 3.05) is 0 Å². The van der Waals surface area contributed by atoms with Crippen LogP contribution in [0.1, 0.15) is 46.5 Å². The Morgan fingerprint density at radius 1 is 1.53 bits per heavy atom. The van der Waals surface area contributed by atoms with Crippen molar-refractivity contribution in [3.63, 3.8) is 0 Å². The SMILES string of the molecule is C[C@@H]1CC[C@@]2(C(C)(C)O)OC(=O)C[C@H]2C1. The lowest BCUT2D eigenvalue weighted by Crippen LogP contribution is -2.56. The van der Waals surface area contributed by atoms with Crippen LogP contribution in [0, 0.1) is 11.8 Å². The zero-order valence-corrected chi connectivity index (χ0v) is 9.75. The first-order chi connectivity index (χ1) is 6.85. The number of fused-ring (bicyclic) bond motifs is 1. The molecular weight excluding hydrogens is 192 g/mol. The molecule has 0 aromatic heterocycles. The molecule has 1 saturated heterocycles. The molecule has 86 valence electrons.